The zero-order valence-corrected chi connectivity index (χ0v) is 15.1. The van der Waals surface area contributed by atoms with Crippen LogP contribution in [-0.2, 0) is 20.0 Å². The third-order valence-corrected chi connectivity index (χ3v) is 4.86. The van der Waals surface area contributed by atoms with Crippen LogP contribution in [0.25, 0.3) is 0 Å². The average molecular weight is 353 g/mol. The van der Waals surface area contributed by atoms with Crippen molar-refractivity contribution in [2.45, 2.75) is 39.8 Å². The normalized spacial score (nSPS) is 13.1. The van der Waals surface area contributed by atoms with Gasteiger partial charge >= 0.3 is 0 Å². The highest BCUT2D eigenvalue weighted by molar-refractivity contribution is 9.10. The van der Waals surface area contributed by atoms with Gasteiger partial charge in [-0.05, 0) is 46.9 Å². The van der Waals surface area contributed by atoms with Crippen LogP contribution in [0, 0.1) is 5.92 Å². The number of hydrogen-bond donors (Lipinski definition) is 1. The Bertz CT molecular complexity index is 597. The number of nitrogens with zero attached hydrogens (tertiary/aromatic N) is 3. The molecule has 1 unspecified atom stereocenters. The second-order valence-electron chi connectivity index (χ2n) is 5.81. The van der Waals surface area contributed by atoms with Crippen LogP contribution in [-0.4, -0.2) is 21.4 Å². The molecule has 4 nitrogen and oxygen atoms in total. The third-order valence-electron chi connectivity index (χ3n) is 3.95. The van der Waals surface area contributed by atoms with Crippen molar-refractivity contribution in [1.29, 1.82) is 0 Å². The Morgan fingerprint density at radius 2 is 2.10 bits per heavy atom. The predicted octanol–water partition coefficient (Wildman–Crippen LogP) is 3.51. The van der Waals surface area contributed by atoms with E-state index in [1.165, 1.54) is 11.3 Å². The highest BCUT2D eigenvalue weighted by atomic mass is 79.9. The molecule has 0 bridgehead atoms. The van der Waals surface area contributed by atoms with E-state index in [-0.39, 0.29) is 0 Å². The van der Waals surface area contributed by atoms with Crippen molar-refractivity contribution in [2.75, 3.05) is 7.05 Å². The van der Waals surface area contributed by atoms with E-state index < -0.39 is 0 Å². The first-order valence-corrected chi connectivity index (χ1v) is 8.30. The molecule has 0 saturated carbocycles. The largest absolute Gasteiger partial charge is 0.348 e. The highest BCUT2D eigenvalue weighted by Crippen LogP contribution is 2.25. The smallest absolute Gasteiger partial charge is 0.0767 e. The molecular weight excluding hydrogens is 328 g/mol. The molecule has 0 aliphatic heterocycles. The summed E-state index contributed by atoms with van der Waals surface area (Å²) in [5, 5.41) is 7.95. The van der Waals surface area contributed by atoms with Crippen LogP contribution in [0.2, 0.25) is 0 Å². The number of aryl methyl sites for hydroxylation is 2. The lowest BCUT2D eigenvalue weighted by atomic mass is 9.99. The molecule has 1 atom stereocenters. The topological polar surface area (TPSA) is 34.8 Å². The van der Waals surface area contributed by atoms with Crippen LogP contribution in [0.3, 0.4) is 0 Å². The Balaban J connectivity index is 2.22. The van der Waals surface area contributed by atoms with Crippen LogP contribution >= 0.6 is 15.9 Å². The van der Waals surface area contributed by atoms with Gasteiger partial charge in [0, 0.05) is 25.5 Å². The Morgan fingerprint density at radius 3 is 2.62 bits per heavy atom. The molecule has 2 aromatic rings. The summed E-state index contributed by atoms with van der Waals surface area (Å²) < 4.78 is 5.33. The summed E-state index contributed by atoms with van der Waals surface area (Å²) in [4.78, 5) is 0. The molecule has 116 valence electrons. The van der Waals surface area contributed by atoms with Crippen LogP contribution in [0.4, 0.5) is 0 Å². The SMILES string of the molecule is CCc1nn(C)c(Cn2ccc(C(NC)C(C)C)c2)c1Br. The van der Waals surface area contributed by atoms with Crippen molar-refractivity contribution in [2.24, 2.45) is 13.0 Å². The number of aromatic nitrogens is 3. The molecule has 5 heteroatoms. The quantitative estimate of drug-likeness (QED) is 0.863. The van der Waals surface area contributed by atoms with Gasteiger partial charge in [0.2, 0.25) is 0 Å². The van der Waals surface area contributed by atoms with Crippen LogP contribution in [0.1, 0.15) is 43.8 Å². The van der Waals surface area contributed by atoms with Gasteiger partial charge in [-0.1, -0.05) is 20.8 Å². The Hall–Kier alpha value is -1.07. The molecule has 0 aliphatic carbocycles. The molecule has 2 aromatic heterocycles. The molecule has 2 rings (SSSR count). The molecule has 0 aromatic carbocycles. The van der Waals surface area contributed by atoms with Gasteiger partial charge in [0.15, 0.2) is 0 Å². The van der Waals surface area contributed by atoms with Crippen LogP contribution < -0.4 is 5.32 Å². The van der Waals surface area contributed by atoms with Crippen molar-refractivity contribution in [3.8, 4) is 0 Å². The second kappa shape index (κ2) is 6.79. The minimum Gasteiger partial charge on any atom is -0.348 e. The number of nitrogens with one attached hydrogen (secondary N) is 1. The van der Waals surface area contributed by atoms with E-state index in [0.717, 1.165) is 23.1 Å². The maximum absolute atomic E-state index is 4.56. The lowest BCUT2D eigenvalue weighted by Gasteiger charge is -2.18. The van der Waals surface area contributed by atoms with Crippen molar-refractivity contribution in [1.82, 2.24) is 19.7 Å². The fourth-order valence-corrected chi connectivity index (χ4v) is 3.53. The van der Waals surface area contributed by atoms with Gasteiger partial charge in [0.25, 0.3) is 0 Å². The Kier molecular flexibility index (Phi) is 5.27. The van der Waals surface area contributed by atoms with E-state index in [2.05, 4.69) is 70.1 Å². The van der Waals surface area contributed by atoms with E-state index in [1.807, 2.05) is 18.8 Å². The van der Waals surface area contributed by atoms with E-state index in [9.17, 15) is 0 Å². The fraction of sp³-hybridized carbons (Fsp3) is 0.562. The van der Waals surface area contributed by atoms with E-state index in [4.69, 9.17) is 0 Å². The summed E-state index contributed by atoms with van der Waals surface area (Å²) in [6, 6.07) is 2.60. The minimum atomic E-state index is 0.396. The molecule has 0 fully saturated rings. The van der Waals surface area contributed by atoms with Crippen molar-refractivity contribution < 1.29 is 0 Å². The van der Waals surface area contributed by atoms with Crippen molar-refractivity contribution in [3.63, 3.8) is 0 Å². The Labute approximate surface area is 135 Å². The third kappa shape index (κ3) is 3.40. The molecule has 21 heavy (non-hydrogen) atoms. The zero-order chi connectivity index (χ0) is 15.6. The molecular formula is C16H25BrN4. The monoisotopic (exact) mass is 352 g/mol. The molecule has 0 saturated heterocycles. The van der Waals surface area contributed by atoms with Gasteiger partial charge in [-0.15, -0.1) is 0 Å². The summed E-state index contributed by atoms with van der Waals surface area (Å²) in [5.74, 6) is 0.570. The highest BCUT2D eigenvalue weighted by Gasteiger charge is 2.16. The average Bonchev–Trinajstić information content (AvgIpc) is 2.99. The maximum Gasteiger partial charge on any atom is 0.0767 e. The standard InChI is InChI=1S/C16H25BrN4/c1-6-13-15(17)14(20(5)19-13)10-21-8-7-12(9-21)16(18-4)11(2)3/h7-9,11,16,18H,6,10H2,1-5H3. The van der Waals surface area contributed by atoms with Crippen LogP contribution in [0.15, 0.2) is 22.9 Å². The summed E-state index contributed by atoms with van der Waals surface area (Å²) in [7, 11) is 4.03. The lowest BCUT2D eigenvalue weighted by Crippen LogP contribution is -2.21. The lowest BCUT2D eigenvalue weighted by molar-refractivity contribution is 0.442. The number of halogens is 1. The molecule has 2 heterocycles. The number of hydrogen-bond acceptors (Lipinski definition) is 2. The molecule has 0 spiro atoms. The minimum absolute atomic E-state index is 0.396. The fourth-order valence-electron chi connectivity index (χ4n) is 2.79. The van der Waals surface area contributed by atoms with E-state index in [0.29, 0.717) is 12.0 Å². The van der Waals surface area contributed by atoms with Crippen LogP contribution in [0.5, 0.6) is 0 Å². The van der Waals surface area contributed by atoms with Gasteiger partial charge in [0.05, 0.1) is 22.4 Å². The first-order valence-electron chi connectivity index (χ1n) is 7.51. The molecule has 0 radical (unpaired) electrons. The summed E-state index contributed by atoms with van der Waals surface area (Å²) in [5.41, 5.74) is 3.66. The first-order chi connectivity index (χ1) is 9.97. The summed E-state index contributed by atoms with van der Waals surface area (Å²) in [6.45, 7) is 7.44. The van der Waals surface area contributed by atoms with Gasteiger partial charge in [0.1, 0.15) is 0 Å². The predicted molar refractivity (Wildman–Crippen MR) is 90.5 cm³/mol. The van der Waals surface area contributed by atoms with Crippen molar-refractivity contribution in [3.05, 3.63) is 39.9 Å². The van der Waals surface area contributed by atoms with Crippen molar-refractivity contribution >= 4 is 15.9 Å². The van der Waals surface area contributed by atoms with Gasteiger partial charge in [-0.25, -0.2) is 0 Å². The molecule has 0 amide bonds. The zero-order valence-electron chi connectivity index (χ0n) is 13.5. The summed E-state index contributed by atoms with van der Waals surface area (Å²) in [6.07, 6.45) is 5.32. The maximum atomic E-state index is 4.56. The second-order valence-corrected chi connectivity index (χ2v) is 6.61. The van der Waals surface area contributed by atoms with E-state index in [1.54, 1.807) is 0 Å². The van der Waals surface area contributed by atoms with E-state index >= 15 is 0 Å². The summed E-state index contributed by atoms with van der Waals surface area (Å²) >= 11 is 3.68. The number of rotatable bonds is 6. The Morgan fingerprint density at radius 1 is 1.38 bits per heavy atom. The first kappa shape index (κ1) is 16.3. The van der Waals surface area contributed by atoms with Gasteiger partial charge < -0.3 is 9.88 Å². The molecule has 0 aliphatic rings. The van der Waals surface area contributed by atoms with Gasteiger partial charge in [-0.3, -0.25) is 4.68 Å². The van der Waals surface area contributed by atoms with Gasteiger partial charge in [-0.2, -0.15) is 5.10 Å². The molecule has 1 N–H and O–H groups in total.